The van der Waals surface area contributed by atoms with Crippen LogP contribution in [0.3, 0.4) is 0 Å². The van der Waals surface area contributed by atoms with Gasteiger partial charge in [-0.1, -0.05) is 24.0 Å². The van der Waals surface area contributed by atoms with Crippen molar-refractivity contribution in [3.8, 4) is 0 Å². The Kier molecular flexibility index (Phi) is 7.84. The molecule has 116 valence electrons. The van der Waals surface area contributed by atoms with E-state index in [2.05, 4.69) is 5.32 Å². The van der Waals surface area contributed by atoms with E-state index in [4.69, 9.17) is 23.2 Å². The molecule has 6 nitrogen and oxygen atoms in total. The second-order valence-electron chi connectivity index (χ2n) is 3.23. The summed E-state index contributed by atoms with van der Waals surface area (Å²) in [7, 11) is -2.49. The SMILES string of the molecule is [2H]C([2H])(NC(=S)SCC(NC(C)=O)C(=O)[O-])C([2H])([2H])C([2H])([2H])C([2H])([2H])S(C)=O.[Na+]. The van der Waals surface area contributed by atoms with Crippen LogP contribution in [0.1, 0.15) is 30.6 Å². The molecule has 2 unspecified atom stereocenters. The molecule has 2 atom stereocenters. The third kappa shape index (κ3) is 15.0. The minimum absolute atomic E-state index is 0. The van der Waals surface area contributed by atoms with Gasteiger partial charge < -0.3 is 20.5 Å². The summed E-state index contributed by atoms with van der Waals surface area (Å²) in [6.45, 7) is -2.20. The van der Waals surface area contributed by atoms with E-state index in [1.54, 1.807) is 0 Å². The van der Waals surface area contributed by atoms with Crippen molar-refractivity contribution in [2.75, 3.05) is 24.2 Å². The van der Waals surface area contributed by atoms with E-state index in [0.29, 0.717) is 11.8 Å². The summed E-state index contributed by atoms with van der Waals surface area (Å²) in [5, 5.41) is 14.9. The van der Waals surface area contributed by atoms with Crippen molar-refractivity contribution in [1.29, 1.82) is 0 Å². The molecular formula is C11H19N2NaO4S3. The average molecular weight is 371 g/mol. The van der Waals surface area contributed by atoms with Crippen molar-refractivity contribution in [2.45, 2.75) is 25.7 Å². The molecule has 0 rings (SSSR count). The summed E-state index contributed by atoms with van der Waals surface area (Å²) < 4.78 is 72.8. The average Bonchev–Trinajstić information content (AvgIpc) is 2.49. The van der Waals surface area contributed by atoms with Crippen molar-refractivity contribution in [3.05, 3.63) is 0 Å². The van der Waals surface area contributed by atoms with Crippen LogP contribution in [0.25, 0.3) is 0 Å². The minimum atomic E-state index is -3.55. The fourth-order valence-electron chi connectivity index (χ4n) is 0.820. The van der Waals surface area contributed by atoms with Gasteiger partial charge in [0, 0.05) is 52.9 Å². The van der Waals surface area contributed by atoms with Crippen LogP contribution in [-0.4, -0.2) is 50.7 Å². The molecule has 0 aromatic heterocycles. The second kappa shape index (κ2) is 14.0. The summed E-state index contributed by atoms with van der Waals surface area (Å²) >= 11 is 5.32. The van der Waals surface area contributed by atoms with Gasteiger partial charge in [0.25, 0.3) is 0 Å². The molecule has 0 heterocycles. The molecule has 21 heavy (non-hydrogen) atoms. The molecule has 0 aliphatic carbocycles. The van der Waals surface area contributed by atoms with Gasteiger partial charge >= 0.3 is 29.6 Å². The number of carboxylic acids is 1. The van der Waals surface area contributed by atoms with Gasteiger partial charge in [-0.3, -0.25) is 9.00 Å². The van der Waals surface area contributed by atoms with E-state index < -0.39 is 58.0 Å². The van der Waals surface area contributed by atoms with E-state index >= 15 is 0 Å². The first kappa shape index (κ1) is 11.8. The van der Waals surface area contributed by atoms with Gasteiger partial charge in [-0.25, -0.2) is 0 Å². The molecule has 10 heteroatoms. The van der Waals surface area contributed by atoms with Crippen LogP contribution in [0.5, 0.6) is 0 Å². The van der Waals surface area contributed by atoms with Gasteiger partial charge in [0.05, 0.1) is 12.0 Å². The molecule has 0 aromatic rings. The monoisotopic (exact) mass is 370 g/mol. The standard InChI is InChI=1S/C11H20N2O4S3.Na/c1-8(14)13-9(10(15)16)7-19-11(18)12-5-3-4-6-20(2)17;/h9H,3-7H2,1-2H3,(H,12,18)(H,13,14)(H,15,16);/q;+1/p-1/i3D2,4D2,5D2,6D2;. The third-order valence-corrected chi connectivity index (χ3v) is 3.24. The molecule has 0 saturated heterocycles. The molecule has 0 aliphatic rings. The molecule has 0 aliphatic heterocycles. The van der Waals surface area contributed by atoms with E-state index in [9.17, 15) is 18.9 Å². The zero-order chi connectivity index (χ0) is 22.7. The van der Waals surface area contributed by atoms with E-state index in [1.807, 2.05) is 5.32 Å². The van der Waals surface area contributed by atoms with Crippen LogP contribution in [0, 0.1) is 0 Å². The summed E-state index contributed by atoms with van der Waals surface area (Å²) in [6.07, 6.45) is -6.27. The Hall–Kier alpha value is 0.330. The van der Waals surface area contributed by atoms with Crippen molar-refractivity contribution >= 4 is 51.0 Å². The van der Waals surface area contributed by atoms with Crippen LogP contribution >= 0.6 is 24.0 Å². The zero-order valence-electron chi connectivity index (χ0n) is 19.6. The van der Waals surface area contributed by atoms with E-state index in [0.717, 1.165) is 13.2 Å². The molecular weight excluding hydrogens is 343 g/mol. The Labute approximate surface area is 170 Å². The summed E-state index contributed by atoms with van der Waals surface area (Å²) in [4.78, 5) is 21.9. The molecule has 2 N–H and O–H groups in total. The van der Waals surface area contributed by atoms with Crippen LogP contribution in [-0.2, 0) is 20.4 Å². The largest absolute Gasteiger partial charge is 1.00 e. The summed E-state index contributed by atoms with van der Waals surface area (Å²) in [5.41, 5.74) is -3.23. The number of amides is 1. The molecule has 0 bridgehead atoms. The van der Waals surface area contributed by atoms with Crippen molar-refractivity contribution in [3.63, 3.8) is 0 Å². The Morgan fingerprint density at radius 2 is 2.10 bits per heavy atom. The number of carbonyl (C=O) groups excluding carboxylic acids is 2. The maximum Gasteiger partial charge on any atom is 1.00 e. The number of hydrogen-bond donors (Lipinski definition) is 2. The molecule has 0 aromatic carbocycles. The fraction of sp³-hybridized carbons (Fsp3) is 0.727. The fourth-order valence-corrected chi connectivity index (χ4v) is 1.93. The van der Waals surface area contributed by atoms with Gasteiger partial charge in [-0.15, -0.1) is 0 Å². The molecule has 0 fully saturated rings. The van der Waals surface area contributed by atoms with Crippen LogP contribution < -0.4 is 45.3 Å². The maximum absolute atomic E-state index is 11.5. The van der Waals surface area contributed by atoms with Gasteiger partial charge in [-0.05, 0) is 12.7 Å². The van der Waals surface area contributed by atoms with Crippen molar-refractivity contribution in [1.82, 2.24) is 10.6 Å². The van der Waals surface area contributed by atoms with Crippen molar-refractivity contribution < 1.29 is 59.4 Å². The van der Waals surface area contributed by atoms with Crippen LogP contribution in [0.2, 0.25) is 0 Å². The first-order valence-corrected chi connectivity index (χ1v) is 8.03. The third-order valence-electron chi connectivity index (χ3n) is 1.53. The number of thioether (sulfide) groups is 1. The number of thiocarbonyl (C=S) groups is 1. The quantitative estimate of drug-likeness (QED) is 0.315. The first-order chi connectivity index (χ1) is 12.3. The molecule has 0 saturated carbocycles. The molecule has 0 spiro atoms. The predicted octanol–water partition coefficient (Wildman–Crippen LogP) is -3.99. The first-order valence-electron chi connectivity index (χ1n) is 9.07. The Bertz CT molecular complexity index is 668. The van der Waals surface area contributed by atoms with Crippen molar-refractivity contribution in [2.24, 2.45) is 0 Å². The molecule has 0 radical (unpaired) electrons. The number of hydrogen-bond acceptors (Lipinski definition) is 6. The number of rotatable bonds is 9. The zero-order valence-corrected chi connectivity index (χ0v) is 16.1. The topological polar surface area (TPSA) is 98.3 Å². The predicted molar refractivity (Wildman–Crippen MR) is 83.8 cm³/mol. The van der Waals surface area contributed by atoms with Gasteiger partial charge in [-0.2, -0.15) is 0 Å². The summed E-state index contributed by atoms with van der Waals surface area (Å²) in [5.74, 6) is -2.68. The normalized spacial score (nSPS) is 21.0. The number of aliphatic carboxylic acids is 1. The Morgan fingerprint density at radius 3 is 2.57 bits per heavy atom. The van der Waals surface area contributed by atoms with Gasteiger partial charge in [0.2, 0.25) is 5.91 Å². The van der Waals surface area contributed by atoms with E-state index in [1.165, 1.54) is 0 Å². The molecule has 1 amide bonds. The maximum atomic E-state index is 11.5. The van der Waals surface area contributed by atoms with Gasteiger partial charge in [0.15, 0.2) is 0 Å². The summed E-state index contributed by atoms with van der Waals surface area (Å²) in [6, 6.07) is -1.46. The van der Waals surface area contributed by atoms with Crippen LogP contribution in [0.15, 0.2) is 0 Å². The second-order valence-corrected chi connectivity index (χ2v) is 6.04. The Morgan fingerprint density at radius 1 is 1.48 bits per heavy atom. The number of nitrogens with one attached hydrogen (secondary N) is 2. The number of carboxylic acid groups (broad SMARTS) is 1. The smallest absolute Gasteiger partial charge is 0.548 e. The van der Waals surface area contributed by atoms with E-state index in [-0.39, 0.29) is 35.3 Å². The minimum Gasteiger partial charge on any atom is -0.548 e. The van der Waals surface area contributed by atoms with Crippen LogP contribution in [0.4, 0.5) is 0 Å². The Balaban J connectivity index is 0. The number of carbonyl (C=O) groups is 2. The van der Waals surface area contributed by atoms with Gasteiger partial charge in [0.1, 0.15) is 4.32 Å².